The van der Waals surface area contributed by atoms with E-state index in [2.05, 4.69) is 10.6 Å². The van der Waals surface area contributed by atoms with E-state index in [1.165, 1.54) is 31.6 Å². The summed E-state index contributed by atoms with van der Waals surface area (Å²) in [6.45, 7) is 0. The number of ether oxygens (including phenoxy) is 2. The van der Waals surface area contributed by atoms with Crippen LogP contribution in [0.4, 0.5) is 11.4 Å². The number of nitrogens with one attached hydrogen (secondary N) is 2. The number of carbonyl (C=O) groups excluding carboxylic acids is 2. The third kappa shape index (κ3) is 5.21. The molecule has 3 aromatic rings. The molecule has 0 saturated carbocycles. The van der Waals surface area contributed by atoms with Crippen molar-refractivity contribution in [3.05, 3.63) is 77.2 Å². The quantitative estimate of drug-likeness (QED) is 0.527. The molecule has 0 atom stereocenters. The first-order valence-electron chi connectivity index (χ1n) is 8.85. The summed E-state index contributed by atoms with van der Waals surface area (Å²) in [6.07, 6.45) is 4.40. The van der Waals surface area contributed by atoms with Gasteiger partial charge in [0, 0.05) is 11.1 Å². The smallest absolute Gasteiger partial charge is 0.291 e. The first-order valence-corrected chi connectivity index (χ1v) is 9.23. The molecule has 30 heavy (non-hydrogen) atoms. The van der Waals surface area contributed by atoms with Gasteiger partial charge in [0.25, 0.3) is 5.91 Å². The van der Waals surface area contributed by atoms with Gasteiger partial charge in [-0.25, -0.2) is 0 Å². The summed E-state index contributed by atoms with van der Waals surface area (Å²) in [5, 5.41) is 5.80. The monoisotopic (exact) mass is 426 g/mol. The molecule has 0 aliphatic rings. The first-order chi connectivity index (χ1) is 14.5. The minimum atomic E-state index is -0.460. The summed E-state index contributed by atoms with van der Waals surface area (Å²) in [7, 11) is 3.09. The summed E-state index contributed by atoms with van der Waals surface area (Å²) >= 11 is 6.03. The number of methoxy groups -OCH3 is 2. The number of hydrogen-bond donors (Lipinski definition) is 2. The second-order valence-electron chi connectivity index (χ2n) is 6.06. The van der Waals surface area contributed by atoms with E-state index in [1.807, 2.05) is 0 Å². The minimum Gasteiger partial charge on any atom is -0.493 e. The third-order valence-corrected chi connectivity index (χ3v) is 4.30. The van der Waals surface area contributed by atoms with Gasteiger partial charge in [-0.05, 0) is 54.1 Å². The minimum absolute atomic E-state index is 0.139. The van der Waals surface area contributed by atoms with Crippen molar-refractivity contribution < 1.29 is 23.5 Å². The first kappa shape index (κ1) is 21.0. The normalized spacial score (nSPS) is 10.6. The average molecular weight is 427 g/mol. The standard InChI is InChI=1S/C22H19ClN2O5/c1-28-18-9-5-14(12-20(18)29-2)6-10-21(26)24-16-8-7-15(23)13-17(16)25-22(27)19-4-3-11-30-19/h3-13H,1-2H3,(H,24,26)(H,25,27). The Morgan fingerprint density at radius 2 is 1.77 bits per heavy atom. The SMILES string of the molecule is COc1ccc(C=CC(=O)Nc2ccc(Cl)cc2NC(=O)c2ccco2)cc1OC. The average Bonchev–Trinajstić information content (AvgIpc) is 3.29. The lowest BCUT2D eigenvalue weighted by Crippen LogP contribution is -2.15. The molecule has 3 rings (SSSR count). The molecule has 2 amide bonds. The molecule has 0 radical (unpaired) electrons. The zero-order valence-electron chi connectivity index (χ0n) is 16.3. The Balaban J connectivity index is 1.73. The predicted octanol–water partition coefficient (Wildman–Crippen LogP) is 4.85. The van der Waals surface area contributed by atoms with E-state index >= 15 is 0 Å². The summed E-state index contributed by atoms with van der Waals surface area (Å²) in [6, 6.07) is 13.2. The maximum absolute atomic E-state index is 12.4. The van der Waals surface area contributed by atoms with Crippen molar-refractivity contribution in [3.8, 4) is 11.5 Å². The fourth-order valence-corrected chi connectivity index (χ4v) is 2.80. The maximum atomic E-state index is 12.4. The Labute approximate surface area is 178 Å². The fraction of sp³-hybridized carbons (Fsp3) is 0.0909. The fourth-order valence-electron chi connectivity index (χ4n) is 2.62. The van der Waals surface area contributed by atoms with Crippen LogP contribution in [0.25, 0.3) is 6.08 Å². The zero-order valence-corrected chi connectivity index (χ0v) is 17.0. The van der Waals surface area contributed by atoms with Crippen molar-refractivity contribution in [2.45, 2.75) is 0 Å². The van der Waals surface area contributed by atoms with Gasteiger partial charge in [-0.15, -0.1) is 0 Å². The number of anilines is 2. The molecule has 2 N–H and O–H groups in total. The molecule has 0 aliphatic carbocycles. The van der Waals surface area contributed by atoms with Crippen LogP contribution in [0.3, 0.4) is 0 Å². The van der Waals surface area contributed by atoms with Crippen molar-refractivity contribution in [2.24, 2.45) is 0 Å². The van der Waals surface area contributed by atoms with Crippen LogP contribution in [0.5, 0.6) is 11.5 Å². The number of rotatable bonds is 7. The molecule has 7 nitrogen and oxygen atoms in total. The van der Waals surface area contributed by atoms with Crippen LogP contribution < -0.4 is 20.1 Å². The number of amides is 2. The van der Waals surface area contributed by atoms with E-state index in [4.69, 9.17) is 25.5 Å². The highest BCUT2D eigenvalue weighted by Gasteiger charge is 2.13. The highest BCUT2D eigenvalue weighted by Crippen LogP contribution is 2.29. The molecule has 0 saturated heterocycles. The predicted molar refractivity (Wildman–Crippen MR) is 115 cm³/mol. The molecular weight excluding hydrogens is 408 g/mol. The zero-order chi connectivity index (χ0) is 21.5. The van der Waals surface area contributed by atoms with Crippen LogP contribution in [-0.4, -0.2) is 26.0 Å². The molecule has 1 aromatic heterocycles. The van der Waals surface area contributed by atoms with Gasteiger partial charge in [-0.1, -0.05) is 17.7 Å². The van der Waals surface area contributed by atoms with Crippen molar-refractivity contribution >= 4 is 40.9 Å². The highest BCUT2D eigenvalue weighted by molar-refractivity contribution is 6.31. The molecular formula is C22H19ClN2O5. The van der Waals surface area contributed by atoms with Gasteiger partial charge in [0.2, 0.25) is 5.91 Å². The lowest BCUT2D eigenvalue weighted by molar-refractivity contribution is -0.111. The molecule has 0 aliphatic heterocycles. The van der Waals surface area contributed by atoms with E-state index in [1.54, 1.807) is 49.6 Å². The van der Waals surface area contributed by atoms with Crippen LogP contribution in [0.1, 0.15) is 16.1 Å². The Morgan fingerprint density at radius 3 is 2.47 bits per heavy atom. The number of furan rings is 1. The third-order valence-electron chi connectivity index (χ3n) is 4.07. The number of halogens is 1. The summed E-state index contributed by atoms with van der Waals surface area (Å²) in [5.74, 6) is 0.442. The molecule has 0 fully saturated rings. The van der Waals surface area contributed by atoms with E-state index < -0.39 is 5.91 Å². The Morgan fingerprint density at radius 1 is 0.967 bits per heavy atom. The molecule has 2 aromatic carbocycles. The second kappa shape index (κ2) is 9.67. The number of hydrogen-bond acceptors (Lipinski definition) is 5. The van der Waals surface area contributed by atoms with Crippen molar-refractivity contribution in [2.75, 3.05) is 24.9 Å². The Hall–Kier alpha value is -3.71. The van der Waals surface area contributed by atoms with Crippen molar-refractivity contribution in [1.29, 1.82) is 0 Å². The van der Waals surface area contributed by atoms with E-state index in [-0.39, 0.29) is 11.7 Å². The largest absolute Gasteiger partial charge is 0.493 e. The Kier molecular flexibility index (Phi) is 6.77. The highest BCUT2D eigenvalue weighted by atomic mass is 35.5. The number of carbonyl (C=O) groups is 2. The van der Waals surface area contributed by atoms with Gasteiger partial charge >= 0.3 is 0 Å². The second-order valence-corrected chi connectivity index (χ2v) is 6.49. The molecule has 154 valence electrons. The van der Waals surface area contributed by atoms with Crippen LogP contribution >= 0.6 is 11.6 Å². The van der Waals surface area contributed by atoms with E-state index in [9.17, 15) is 9.59 Å². The van der Waals surface area contributed by atoms with Gasteiger partial charge in [0.15, 0.2) is 17.3 Å². The van der Waals surface area contributed by atoms with Crippen LogP contribution in [0, 0.1) is 0 Å². The lowest BCUT2D eigenvalue weighted by Gasteiger charge is -2.11. The van der Waals surface area contributed by atoms with Gasteiger partial charge in [-0.3, -0.25) is 9.59 Å². The van der Waals surface area contributed by atoms with Crippen LogP contribution in [0.15, 0.2) is 65.3 Å². The van der Waals surface area contributed by atoms with Crippen LogP contribution in [0.2, 0.25) is 5.02 Å². The summed E-state index contributed by atoms with van der Waals surface area (Å²) < 4.78 is 15.5. The van der Waals surface area contributed by atoms with Gasteiger partial charge in [0.1, 0.15) is 0 Å². The maximum Gasteiger partial charge on any atom is 0.291 e. The van der Waals surface area contributed by atoms with Crippen molar-refractivity contribution in [1.82, 2.24) is 0 Å². The molecule has 0 bridgehead atoms. The number of benzene rings is 2. The van der Waals surface area contributed by atoms with Gasteiger partial charge in [0.05, 0.1) is 31.9 Å². The molecule has 0 spiro atoms. The van der Waals surface area contributed by atoms with Crippen LogP contribution in [-0.2, 0) is 4.79 Å². The Bertz CT molecular complexity index is 1080. The molecule has 1 heterocycles. The summed E-state index contributed by atoms with van der Waals surface area (Å²) in [5.41, 5.74) is 1.49. The van der Waals surface area contributed by atoms with Gasteiger partial charge in [-0.2, -0.15) is 0 Å². The lowest BCUT2D eigenvalue weighted by atomic mass is 10.2. The van der Waals surface area contributed by atoms with E-state index in [0.717, 1.165) is 5.56 Å². The molecule has 8 heteroatoms. The topological polar surface area (TPSA) is 89.8 Å². The summed E-state index contributed by atoms with van der Waals surface area (Å²) in [4.78, 5) is 24.6. The molecule has 0 unspecified atom stereocenters. The van der Waals surface area contributed by atoms with Crippen molar-refractivity contribution in [3.63, 3.8) is 0 Å². The van der Waals surface area contributed by atoms with Gasteiger partial charge < -0.3 is 24.5 Å². The van der Waals surface area contributed by atoms with E-state index in [0.29, 0.717) is 27.9 Å².